The summed E-state index contributed by atoms with van der Waals surface area (Å²) in [6.45, 7) is 1.43. The normalized spacial score (nSPS) is 15.3. The molecule has 0 unspecified atom stereocenters. The summed E-state index contributed by atoms with van der Waals surface area (Å²) in [6.07, 6.45) is 0.713. The number of carboxylic acid groups (broad SMARTS) is 1. The van der Waals surface area contributed by atoms with Gasteiger partial charge in [-0.3, -0.25) is 4.98 Å². The summed E-state index contributed by atoms with van der Waals surface area (Å²) in [4.78, 5) is 18.3. The van der Waals surface area contributed by atoms with Crippen molar-refractivity contribution in [2.45, 2.75) is 13.0 Å². The van der Waals surface area contributed by atoms with E-state index in [2.05, 4.69) is 9.88 Å². The zero-order valence-corrected chi connectivity index (χ0v) is 12.3. The number of aromatic nitrogens is 1. The van der Waals surface area contributed by atoms with E-state index in [4.69, 9.17) is 23.2 Å². The Bertz CT molecular complexity index is 731. The summed E-state index contributed by atoms with van der Waals surface area (Å²) in [6, 6.07) is 3.29. The van der Waals surface area contributed by atoms with Crippen LogP contribution in [0.5, 0.6) is 0 Å². The average Bonchev–Trinajstić information content (AvgIpc) is 2.40. The van der Waals surface area contributed by atoms with Crippen molar-refractivity contribution in [1.29, 1.82) is 0 Å². The maximum atomic E-state index is 11.7. The second kappa shape index (κ2) is 4.88. The lowest BCUT2D eigenvalue weighted by atomic mass is 9.96. The van der Waals surface area contributed by atoms with Crippen LogP contribution in [0.2, 0.25) is 10.0 Å². The third kappa shape index (κ3) is 2.04. The van der Waals surface area contributed by atoms with Gasteiger partial charge in [-0.25, -0.2) is 4.79 Å². The molecule has 0 amide bonds. The van der Waals surface area contributed by atoms with Crippen LogP contribution in [0.25, 0.3) is 10.9 Å². The lowest BCUT2D eigenvalue weighted by Crippen LogP contribution is -2.29. The molecule has 104 valence electrons. The highest BCUT2D eigenvalue weighted by molar-refractivity contribution is 6.45. The van der Waals surface area contributed by atoms with Crippen LogP contribution >= 0.6 is 23.2 Å². The van der Waals surface area contributed by atoms with Crippen LogP contribution in [0.3, 0.4) is 0 Å². The Hall–Kier alpha value is -1.36. The van der Waals surface area contributed by atoms with E-state index in [9.17, 15) is 9.90 Å². The van der Waals surface area contributed by atoms with E-state index in [1.807, 2.05) is 7.05 Å². The van der Waals surface area contributed by atoms with Crippen molar-refractivity contribution in [3.8, 4) is 0 Å². The molecule has 1 aliphatic rings. The Balaban J connectivity index is 2.41. The molecule has 0 saturated heterocycles. The number of hydrogen-bond acceptors (Lipinski definition) is 3. The minimum atomic E-state index is -0.956. The number of halogens is 2. The second-order valence-electron chi connectivity index (χ2n) is 4.96. The van der Waals surface area contributed by atoms with Gasteiger partial charge in [0.25, 0.3) is 0 Å². The molecule has 6 heteroatoms. The number of benzene rings is 1. The number of carboxylic acids is 1. The standard InChI is InChI=1S/C14H12Cl2N2O2/c1-18-5-4-10-8(6-18)11(14(19)20)7-2-3-9(15)12(16)13(7)17-10/h2-3H,4-6H2,1H3,(H,19,20). The fraction of sp³-hybridized carbons (Fsp3) is 0.286. The number of likely N-dealkylation sites (N-methyl/N-ethyl adjacent to an activating group) is 1. The number of rotatable bonds is 1. The van der Waals surface area contributed by atoms with Crippen molar-refractivity contribution in [1.82, 2.24) is 9.88 Å². The number of nitrogens with zero attached hydrogens (tertiary/aromatic N) is 2. The van der Waals surface area contributed by atoms with E-state index >= 15 is 0 Å². The summed E-state index contributed by atoms with van der Waals surface area (Å²) in [5, 5.41) is 10.8. The molecule has 0 fully saturated rings. The van der Waals surface area contributed by atoms with E-state index in [0.29, 0.717) is 33.9 Å². The van der Waals surface area contributed by atoms with Crippen LogP contribution in [0.15, 0.2) is 12.1 Å². The summed E-state index contributed by atoms with van der Waals surface area (Å²) < 4.78 is 0. The quantitative estimate of drug-likeness (QED) is 0.878. The van der Waals surface area contributed by atoms with E-state index in [1.54, 1.807) is 12.1 Å². The van der Waals surface area contributed by atoms with Gasteiger partial charge in [-0.15, -0.1) is 0 Å². The van der Waals surface area contributed by atoms with Crippen molar-refractivity contribution in [3.05, 3.63) is 39.0 Å². The van der Waals surface area contributed by atoms with Gasteiger partial charge in [0.05, 0.1) is 21.1 Å². The number of aromatic carboxylic acids is 1. The first-order valence-electron chi connectivity index (χ1n) is 6.20. The predicted molar refractivity (Wildman–Crippen MR) is 78.8 cm³/mol. The van der Waals surface area contributed by atoms with E-state index in [0.717, 1.165) is 17.8 Å². The van der Waals surface area contributed by atoms with Gasteiger partial charge in [0.2, 0.25) is 0 Å². The van der Waals surface area contributed by atoms with Gasteiger partial charge < -0.3 is 10.0 Å². The largest absolute Gasteiger partial charge is 0.478 e. The van der Waals surface area contributed by atoms with Crippen LogP contribution in [0, 0.1) is 0 Å². The van der Waals surface area contributed by atoms with Crippen LogP contribution in [0.4, 0.5) is 0 Å². The third-order valence-corrected chi connectivity index (χ3v) is 4.40. The van der Waals surface area contributed by atoms with Crippen molar-refractivity contribution in [3.63, 3.8) is 0 Å². The summed E-state index contributed by atoms with van der Waals surface area (Å²) >= 11 is 12.2. The van der Waals surface area contributed by atoms with E-state index in [1.165, 1.54) is 0 Å². The van der Waals surface area contributed by atoms with Gasteiger partial charge in [-0.05, 0) is 13.1 Å². The van der Waals surface area contributed by atoms with Gasteiger partial charge in [-0.1, -0.05) is 29.3 Å². The predicted octanol–water partition coefficient (Wildman–Crippen LogP) is 3.23. The van der Waals surface area contributed by atoms with Gasteiger partial charge in [0, 0.05) is 36.2 Å². The first-order valence-corrected chi connectivity index (χ1v) is 6.96. The van der Waals surface area contributed by atoms with Crippen molar-refractivity contribution in [2.75, 3.05) is 13.6 Å². The van der Waals surface area contributed by atoms with Gasteiger partial charge in [-0.2, -0.15) is 0 Å². The first kappa shape index (κ1) is 13.6. The number of fused-ring (bicyclic) bond motifs is 2. The smallest absolute Gasteiger partial charge is 0.336 e. The Morgan fingerprint density at radius 1 is 1.40 bits per heavy atom. The summed E-state index contributed by atoms with van der Waals surface area (Å²) in [7, 11) is 1.97. The van der Waals surface area contributed by atoms with Crippen LogP contribution in [0.1, 0.15) is 21.6 Å². The lowest BCUT2D eigenvalue weighted by molar-refractivity contribution is 0.0696. The highest BCUT2D eigenvalue weighted by atomic mass is 35.5. The molecule has 1 aromatic carbocycles. The van der Waals surface area contributed by atoms with E-state index in [-0.39, 0.29) is 5.56 Å². The Morgan fingerprint density at radius 2 is 2.15 bits per heavy atom. The molecule has 3 rings (SSSR count). The number of hydrogen-bond donors (Lipinski definition) is 1. The van der Waals surface area contributed by atoms with Crippen LogP contribution in [-0.4, -0.2) is 34.6 Å². The van der Waals surface area contributed by atoms with Gasteiger partial charge >= 0.3 is 5.97 Å². The Morgan fingerprint density at radius 3 is 2.85 bits per heavy atom. The highest BCUT2D eigenvalue weighted by Gasteiger charge is 2.25. The van der Waals surface area contributed by atoms with Gasteiger partial charge in [0.1, 0.15) is 0 Å². The molecule has 1 aliphatic heterocycles. The molecule has 0 radical (unpaired) electrons. The van der Waals surface area contributed by atoms with Crippen LogP contribution in [-0.2, 0) is 13.0 Å². The van der Waals surface area contributed by atoms with Crippen LogP contribution < -0.4 is 0 Å². The van der Waals surface area contributed by atoms with Crippen molar-refractivity contribution < 1.29 is 9.90 Å². The molecule has 4 nitrogen and oxygen atoms in total. The molecule has 2 aromatic rings. The van der Waals surface area contributed by atoms with E-state index < -0.39 is 5.97 Å². The molecule has 0 atom stereocenters. The molecule has 1 N–H and O–H groups in total. The first-order chi connectivity index (χ1) is 9.49. The third-order valence-electron chi connectivity index (χ3n) is 3.61. The lowest BCUT2D eigenvalue weighted by Gasteiger charge is -2.26. The second-order valence-corrected chi connectivity index (χ2v) is 5.75. The molecule has 0 bridgehead atoms. The van der Waals surface area contributed by atoms with Gasteiger partial charge in [0.15, 0.2) is 0 Å². The minimum absolute atomic E-state index is 0.287. The fourth-order valence-electron chi connectivity index (χ4n) is 2.63. The Kier molecular flexibility index (Phi) is 3.32. The van der Waals surface area contributed by atoms with Crippen molar-refractivity contribution in [2.24, 2.45) is 0 Å². The zero-order valence-electron chi connectivity index (χ0n) is 10.8. The number of carbonyl (C=O) groups is 1. The maximum absolute atomic E-state index is 11.7. The Labute approximate surface area is 125 Å². The minimum Gasteiger partial charge on any atom is -0.478 e. The summed E-state index contributed by atoms with van der Waals surface area (Å²) in [5.74, 6) is -0.956. The zero-order chi connectivity index (χ0) is 14.4. The molecule has 0 spiro atoms. The fourth-order valence-corrected chi connectivity index (χ4v) is 2.99. The SMILES string of the molecule is CN1CCc2nc3c(Cl)c(Cl)ccc3c(C(=O)O)c2C1. The highest BCUT2D eigenvalue weighted by Crippen LogP contribution is 2.34. The topological polar surface area (TPSA) is 53.4 Å². The summed E-state index contributed by atoms with van der Waals surface area (Å²) in [5.41, 5.74) is 2.34. The monoisotopic (exact) mass is 310 g/mol. The molecular formula is C14H12Cl2N2O2. The molecule has 0 saturated carbocycles. The molecule has 0 aliphatic carbocycles. The molecular weight excluding hydrogens is 299 g/mol. The number of pyridine rings is 1. The van der Waals surface area contributed by atoms with Crippen molar-refractivity contribution >= 4 is 40.1 Å². The maximum Gasteiger partial charge on any atom is 0.336 e. The molecule has 1 aromatic heterocycles. The molecule has 20 heavy (non-hydrogen) atoms. The molecule has 2 heterocycles. The average molecular weight is 311 g/mol.